The van der Waals surface area contributed by atoms with E-state index in [1.807, 2.05) is 48.5 Å². The molecule has 32 heavy (non-hydrogen) atoms. The van der Waals surface area contributed by atoms with Crippen molar-refractivity contribution in [3.05, 3.63) is 66.5 Å². The molecule has 1 atom stereocenters. The minimum atomic E-state index is -4.67. The summed E-state index contributed by atoms with van der Waals surface area (Å²) in [5, 5.41) is 8.15. The Labute approximate surface area is 185 Å². The number of amides is 2. The van der Waals surface area contributed by atoms with Crippen LogP contribution in [0.1, 0.15) is 37.3 Å². The summed E-state index contributed by atoms with van der Waals surface area (Å²) in [7, 11) is -4.67. The quantitative estimate of drug-likeness (QED) is 0.424. The van der Waals surface area contributed by atoms with Crippen molar-refractivity contribution in [3.63, 3.8) is 0 Å². The normalized spacial score (nSPS) is 18.4. The average molecular weight is 458 g/mol. The van der Waals surface area contributed by atoms with Crippen LogP contribution in [0.5, 0.6) is 5.75 Å². The molecule has 2 aliphatic rings. The van der Waals surface area contributed by atoms with Crippen molar-refractivity contribution in [1.82, 2.24) is 10.3 Å². The van der Waals surface area contributed by atoms with Crippen molar-refractivity contribution < 1.29 is 27.1 Å². The number of aromatic nitrogens is 1. The molecule has 5 rings (SSSR count). The number of rotatable bonds is 2. The topological polar surface area (TPSA) is 138 Å². The molecule has 1 unspecified atom stereocenters. The van der Waals surface area contributed by atoms with Gasteiger partial charge in [0.1, 0.15) is 11.4 Å². The molecule has 4 N–H and O–H groups in total. The molecular weight excluding hydrogens is 434 g/mol. The molecule has 9 nitrogen and oxygen atoms in total. The summed E-state index contributed by atoms with van der Waals surface area (Å²) in [6.45, 7) is 0. The highest BCUT2D eigenvalue weighted by molar-refractivity contribution is 7.79. The second kappa shape index (κ2) is 8.73. The smallest absolute Gasteiger partial charge is 0.394 e. The minimum absolute atomic E-state index is 0.0492. The number of carbonyl (C=O) groups excluding carboxylic acids is 1. The van der Waals surface area contributed by atoms with Crippen LogP contribution in [0.4, 0.5) is 10.5 Å². The Morgan fingerprint density at radius 1 is 1.09 bits per heavy atom. The lowest BCUT2D eigenvalue weighted by atomic mass is 9.73. The third kappa shape index (κ3) is 5.16. The fourth-order valence-corrected chi connectivity index (χ4v) is 4.17. The van der Waals surface area contributed by atoms with Crippen LogP contribution in [-0.2, 0) is 10.4 Å². The van der Waals surface area contributed by atoms with Gasteiger partial charge < -0.3 is 15.4 Å². The molecule has 0 saturated heterocycles. The summed E-state index contributed by atoms with van der Waals surface area (Å²) in [5.74, 6) is 0.894. The van der Waals surface area contributed by atoms with Gasteiger partial charge in [-0.1, -0.05) is 30.3 Å². The molecule has 3 aromatic rings. The number of ether oxygens (including phenoxy) is 1. The number of urea groups is 1. The fraction of sp³-hybridized carbons (Fsp3) is 0.273. The second-order valence-electron chi connectivity index (χ2n) is 7.88. The molecule has 0 radical (unpaired) electrons. The van der Waals surface area contributed by atoms with Crippen LogP contribution in [-0.4, -0.2) is 34.1 Å². The number of nitrogens with zero attached hydrogens (tertiary/aromatic N) is 1. The highest BCUT2D eigenvalue weighted by Crippen LogP contribution is 2.48. The monoisotopic (exact) mass is 457 g/mol. The van der Waals surface area contributed by atoms with E-state index in [-0.39, 0.29) is 17.7 Å². The standard InChI is InChI=1S/C22H21N3O2.H2O4S/c26-21(24-18-7-3-5-15-14-23-12-9-16(15)18)25-19-13-22(10-4-11-22)27-20-8-2-1-6-17(19)20;1-5(2,3)4/h1-3,5-9,12,14,19H,4,10-11,13H2,(H2,24,25,26);(H2,1,2,3,4). The molecule has 1 fully saturated rings. The maximum atomic E-state index is 12.8. The van der Waals surface area contributed by atoms with Gasteiger partial charge in [-0.25, -0.2) is 4.79 Å². The average Bonchev–Trinajstić information content (AvgIpc) is 2.71. The predicted octanol–water partition coefficient (Wildman–Crippen LogP) is 4.15. The van der Waals surface area contributed by atoms with E-state index in [4.69, 9.17) is 22.3 Å². The van der Waals surface area contributed by atoms with Crippen molar-refractivity contribution in [3.8, 4) is 5.75 Å². The van der Waals surface area contributed by atoms with Gasteiger partial charge in [-0.05, 0) is 37.5 Å². The molecular formula is C22H23N3O6S. The van der Waals surface area contributed by atoms with E-state index in [0.717, 1.165) is 47.0 Å². The van der Waals surface area contributed by atoms with Crippen LogP contribution >= 0.6 is 0 Å². The van der Waals surface area contributed by atoms with Crippen molar-refractivity contribution >= 4 is 32.9 Å². The summed E-state index contributed by atoms with van der Waals surface area (Å²) in [6, 6.07) is 15.5. The van der Waals surface area contributed by atoms with Crippen LogP contribution in [0, 0.1) is 0 Å². The number of benzene rings is 2. The number of carbonyl (C=O) groups is 1. The summed E-state index contributed by atoms with van der Waals surface area (Å²) in [4.78, 5) is 16.9. The number of pyridine rings is 1. The van der Waals surface area contributed by atoms with E-state index >= 15 is 0 Å². The first-order valence-corrected chi connectivity index (χ1v) is 11.5. The zero-order valence-corrected chi connectivity index (χ0v) is 17.9. The van der Waals surface area contributed by atoms with Gasteiger partial charge in [0, 0.05) is 35.2 Å². The van der Waals surface area contributed by atoms with Gasteiger partial charge in [0.05, 0.1) is 11.7 Å². The summed E-state index contributed by atoms with van der Waals surface area (Å²) in [6.07, 6.45) is 7.64. The second-order valence-corrected chi connectivity index (χ2v) is 8.78. The molecule has 1 aliphatic heterocycles. The van der Waals surface area contributed by atoms with Gasteiger partial charge in [0.15, 0.2) is 0 Å². The lowest BCUT2D eigenvalue weighted by molar-refractivity contribution is -0.0354. The number of hydrogen-bond acceptors (Lipinski definition) is 5. The molecule has 1 aliphatic carbocycles. The Balaban J connectivity index is 0.000000444. The Kier molecular flexibility index (Phi) is 6.00. The Bertz CT molecular complexity index is 1230. The van der Waals surface area contributed by atoms with E-state index in [9.17, 15) is 4.79 Å². The SMILES string of the molecule is O=C(Nc1cccc2cnccc12)NC1CC2(CCC2)Oc2ccccc21.O=S(=O)(O)O. The van der Waals surface area contributed by atoms with Gasteiger partial charge in [0.2, 0.25) is 0 Å². The van der Waals surface area contributed by atoms with Crippen LogP contribution in [0.2, 0.25) is 0 Å². The van der Waals surface area contributed by atoms with E-state index in [2.05, 4.69) is 15.6 Å². The molecule has 1 spiro atoms. The van der Waals surface area contributed by atoms with Crippen LogP contribution < -0.4 is 15.4 Å². The van der Waals surface area contributed by atoms with Gasteiger partial charge in [-0.3, -0.25) is 14.1 Å². The molecule has 10 heteroatoms. The maximum absolute atomic E-state index is 12.8. The number of hydrogen-bond donors (Lipinski definition) is 4. The third-order valence-corrected chi connectivity index (χ3v) is 5.70. The first-order chi connectivity index (χ1) is 15.2. The zero-order chi connectivity index (χ0) is 22.8. The Hall–Kier alpha value is -3.21. The fourth-order valence-electron chi connectivity index (χ4n) is 4.17. The maximum Gasteiger partial charge on any atom is 0.394 e. The molecule has 1 aromatic heterocycles. The molecule has 168 valence electrons. The zero-order valence-electron chi connectivity index (χ0n) is 17.1. The van der Waals surface area contributed by atoms with Crippen LogP contribution in [0.3, 0.4) is 0 Å². The molecule has 1 saturated carbocycles. The van der Waals surface area contributed by atoms with E-state index < -0.39 is 10.4 Å². The van der Waals surface area contributed by atoms with Crippen LogP contribution in [0.15, 0.2) is 60.9 Å². The summed E-state index contributed by atoms with van der Waals surface area (Å²) >= 11 is 0. The van der Waals surface area contributed by atoms with Crippen molar-refractivity contribution in [2.24, 2.45) is 0 Å². The first-order valence-electron chi connectivity index (χ1n) is 10.1. The summed E-state index contributed by atoms with van der Waals surface area (Å²) < 4.78 is 37.8. The highest BCUT2D eigenvalue weighted by atomic mass is 32.3. The van der Waals surface area contributed by atoms with Crippen molar-refractivity contribution in [2.45, 2.75) is 37.3 Å². The largest absolute Gasteiger partial charge is 0.487 e. The number of fused-ring (bicyclic) bond motifs is 2. The van der Waals surface area contributed by atoms with Gasteiger partial charge in [-0.2, -0.15) is 8.42 Å². The van der Waals surface area contributed by atoms with Crippen LogP contribution in [0.25, 0.3) is 10.8 Å². The van der Waals surface area contributed by atoms with Gasteiger partial charge in [-0.15, -0.1) is 0 Å². The van der Waals surface area contributed by atoms with Crippen molar-refractivity contribution in [2.75, 3.05) is 5.32 Å². The number of anilines is 1. The number of nitrogens with one attached hydrogen (secondary N) is 2. The van der Waals surface area contributed by atoms with E-state index in [0.29, 0.717) is 0 Å². The highest BCUT2D eigenvalue weighted by Gasteiger charge is 2.45. The minimum Gasteiger partial charge on any atom is -0.487 e. The lowest BCUT2D eigenvalue weighted by Gasteiger charge is -2.48. The number of para-hydroxylation sites is 1. The molecule has 0 bridgehead atoms. The Morgan fingerprint density at radius 2 is 1.84 bits per heavy atom. The van der Waals surface area contributed by atoms with E-state index in [1.54, 1.807) is 12.4 Å². The van der Waals surface area contributed by atoms with E-state index in [1.165, 1.54) is 6.42 Å². The molecule has 2 amide bonds. The molecule has 2 aromatic carbocycles. The Morgan fingerprint density at radius 3 is 2.56 bits per heavy atom. The summed E-state index contributed by atoms with van der Waals surface area (Å²) in [5.41, 5.74) is 1.72. The lowest BCUT2D eigenvalue weighted by Crippen LogP contribution is -2.50. The van der Waals surface area contributed by atoms with Gasteiger partial charge in [0.25, 0.3) is 0 Å². The third-order valence-electron chi connectivity index (χ3n) is 5.70. The predicted molar refractivity (Wildman–Crippen MR) is 119 cm³/mol. The molecule has 2 heterocycles. The van der Waals surface area contributed by atoms with Gasteiger partial charge >= 0.3 is 16.4 Å². The van der Waals surface area contributed by atoms with Crippen molar-refractivity contribution in [1.29, 1.82) is 0 Å². The first kappa shape index (κ1) is 22.0.